The summed E-state index contributed by atoms with van der Waals surface area (Å²) in [4.78, 5) is 24.6. The molecule has 43 heavy (non-hydrogen) atoms. The lowest BCUT2D eigenvalue weighted by Crippen LogP contribution is -2.44. The maximum absolute atomic E-state index is 8.60. The Hall–Kier alpha value is -1.99. The Bertz CT molecular complexity index is 1490. The molecule has 234 valence electrons. The van der Waals surface area contributed by atoms with E-state index in [0.29, 0.717) is 18.4 Å². The third kappa shape index (κ3) is 7.64. The average Bonchev–Trinajstić information content (AvgIpc) is 3.81. The molecular weight excluding hydrogens is 602 g/mol. The molecule has 12 heteroatoms. The molecular formula is C31H44ClN7O2S2. The second-order valence-corrected chi connectivity index (χ2v) is 14.1. The van der Waals surface area contributed by atoms with Crippen LogP contribution in [0.2, 0.25) is 5.15 Å². The number of thiophene rings is 2. The van der Waals surface area contributed by atoms with E-state index < -0.39 is 0 Å². The topological polar surface area (TPSA) is 108 Å². The maximum atomic E-state index is 8.60. The highest BCUT2D eigenvalue weighted by molar-refractivity contribution is 7.19. The Balaban J connectivity index is 0.000000143. The molecule has 2 aliphatic carbocycles. The lowest BCUT2D eigenvalue weighted by Gasteiger charge is -2.26. The first-order valence-corrected chi connectivity index (χ1v) is 17.8. The molecule has 0 spiro atoms. The molecule has 0 aromatic carbocycles. The molecule has 3 N–H and O–H groups in total. The third-order valence-electron chi connectivity index (χ3n) is 8.77. The van der Waals surface area contributed by atoms with Crippen LogP contribution in [0.25, 0.3) is 20.4 Å². The van der Waals surface area contributed by atoms with Gasteiger partial charge >= 0.3 is 0 Å². The number of aromatic nitrogens is 4. The van der Waals surface area contributed by atoms with Crippen molar-refractivity contribution < 1.29 is 11.3 Å². The molecule has 2 aliphatic heterocycles. The van der Waals surface area contributed by atoms with Crippen molar-refractivity contribution in [1.82, 2.24) is 35.5 Å². The van der Waals surface area contributed by atoms with Gasteiger partial charge in [0.05, 0.1) is 10.8 Å². The van der Waals surface area contributed by atoms with Gasteiger partial charge in [-0.1, -0.05) is 11.6 Å². The lowest BCUT2D eigenvalue weighted by atomic mass is 9.95. The summed E-state index contributed by atoms with van der Waals surface area (Å²) < 4.78 is 6.00. The third-order valence-corrected chi connectivity index (χ3v) is 11.5. The van der Waals surface area contributed by atoms with Gasteiger partial charge in [0.2, 0.25) is 5.88 Å². The zero-order valence-corrected chi connectivity index (χ0v) is 27.1. The first-order valence-electron chi connectivity index (χ1n) is 15.7. The quantitative estimate of drug-likeness (QED) is 0.252. The molecule has 4 aromatic heterocycles. The Morgan fingerprint density at radius 2 is 1.49 bits per heavy atom. The number of nitrogens with one attached hydrogen (secondary N) is 2. The summed E-state index contributed by atoms with van der Waals surface area (Å²) in [6, 6.07) is 0. The van der Waals surface area contributed by atoms with Crippen molar-refractivity contribution in [3.8, 4) is 5.88 Å². The SMILES string of the molecule is Clc1ncnc2sc3c(c12)CCC3.OCCC1CCNCC1.[2HH].c1nc(OCCN2CCNCC2)c2c3c(sc2n1)CCC3. The molecule has 9 nitrogen and oxygen atoms in total. The number of halogens is 1. The van der Waals surface area contributed by atoms with Crippen LogP contribution in [0.1, 0.15) is 54.4 Å². The summed E-state index contributed by atoms with van der Waals surface area (Å²) >= 11 is 9.61. The number of hydrogen-bond donors (Lipinski definition) is 3. The van der Waals surface area contributed by atoms with E-state index in [2.05, 4.69) is 35.5 Å². The summed E-state index contributed by atoms with van der Waals surface area (Å²) in [5, 5.41) is 18.1. The van der Waals surface area contributed by atoms with Crippen molar-refractivity contribution in [2.45, 2.75) is 57.8 Å². The predicted octanol–water partition coefficient (Wildman–Crippen LogP) is 4.91. The minimum absolute atomic E-state index is 0. The fourth-order valence-electron chi connectivity index (χ4n) is 6.46. The summed E-state index contributed by atoms with van der Waals surface area (Å²) in [6.45, 7) is 8.70. The van der Waals surface area contributed by atoms with Crippen LogP contribution in [0.15, 0.2) is 12.7 Å². The van der Waals surface area contributed by atoms with Crippen LogP contribution in [0.4, 0.5) is 0 Å². The Labute approximate surface area is 267 Å². The fraction of sp³-hybridized carbons (Fsp3) is 0.613. The van der Waals surface area contributed by atoms with Crippen molar-refractivity contribution >= 4 is 54.7 Å². The van der Waals surface area contributed by atoms with Crippen molar-refractivity contribution in [1.29, 1.82) is 0 Å². The smallest absolute Gasteiger partial charge is 0.225 e. The highest BCUT2D eigenvalue weighted by atomic mass is 35.5. The molecule has 0 unspecified atom stereocenters. The summed E-state index contributed by atoms with van der Waals surface area (Å²) in [5.74, 6) is 1.57. The van der Waals surface area contributed by atoms with Crippen molar-refractivity contribution in [3.05, 3.63) is 38.7 Å². The van der Waals surface area contributed by atoms with Crippen LogP contribution in [0.5, 0.6) is 5.88 Å². The number of piperidine rings is 1. The Kier molecular flexibility index (Phi) is 11.1. The van der Waals surface area contributed by atoms with Crippen LogP contribution >= 0.6 is 34.3 Å². The number of rotatable bonds is 6. The molecule has 4 aliphatic rings. The summed E-state index contributed by atoms with van der Waals surface area (Å²) in [6.07, 6.45) is 13.9. The Morgan fingerprint density at radius 1 is 0.860 bits per heavy atom. The van der Waals surface area contributed by atoms with E-state index >= 15 is 0 Å². The van der Waals surface area contributed by atoms with Crippen LogP contribution in [0, 0.1) is 5.92 Å². The van der Waals surface area contributed by atoms with Gasteiger partial charge in [-0.3, -0.25) is 4.90 Å². The maximum Gasteiger partial charge on any atom is 0.225 e. The minimum Gasteiger partial charge on any atom is -0.476 e. The largest absolute Gasteiger partial charge is 0.476 e. The number of ether oxygens (including phenoxy) is 1. The number of nitrogens with zero attached hydrogens (tertiary/aromatic N) is 5. The van der Waals surface area contributed by atoms with Gasteiger partial charge in [0.15, 0.2) is 0 Å². The normalized spacial score (nSPS) is 18.6. The van der Waals surface area contributed by atoms with Crippen LogP contribution in [0.3, 0.4) is 0 Å². The van der Waals surface area contributed by atoms with Gasteiger partial charge in [-0.05, 0) is 87.9 Å². The van der Waals surface area contributed by atoms with E-state index in [0.717, 1.165) is 91.9 Å². The van der Waals surface area contributed by atoms with Crippen LogP contribution < -0.4 is 15.4 Å². The van der Waals surface area contributed by atoms with Gasteiger partial charge < -0.3 is 20.5 Å². The number of fused-ring (bicyclic) bond motifs is 6. The first kappa shape index (κ1) is 31.0. The highest BCUT2D eigenvalue weighted by Crippen LogP contribution is 2.40. The predicted molar refractivity (Wildman–Crippen MR) is 178 cm³/mol. The number of piperazine rings is 1. The van der Waals surface area contributed by atoms with Gasteiger partial charge in [0, 0.05) is 50.5 Å². The second-order valence-electron chi connectivity index (χ2n) is 11.6. The van der Waals surface area contributed by atoms with Crippen molar-refractivity contribution in [3.63, 3.8) is 0 Å². The van der Waals surface area contributed by atoms with Gasteiger partial charge in [-0.2, -0.15) is 0 Å². The summed E-state index contributed by atoms with van der Waals surface area (Å²) in [7, 11) is 0. The fourth-order valence-corrected chi connectivity index (χ4v) is 9.21. The van der Waals surface area contributed by atoms with E-state index in [4.69, 9.17) is 21.4 Å². The van der Waals surface area contributed by atoms with E-state index in [-0.39, 0.29) is 1.43 Å². The molecule has 8 rings (SSSR count). The molecule has 2 fully saturated rings. The van der Waals surface area contributed by atoms with Gasteiger partial charge in [-0.25, -0.2) is 19.9 Å². The molecule has 0 saturated carbocycles. The minimum atomic E-state index is 0. The molecule has 4 aromatic rings. The van der Waals surface area contributed by atoms with E-state index in [1.54, 1.807) is 17.7 Å². The van der Waals surface area contributed by atoms with E-state index in [9.17, 15) is 0 Å². The monoisotopic (exact) mass is 646 g/mol. The molecule has 0 atom stereocenters. The van der Waals surface area contributed by atoms with E-state index in [1.165, 1.54) is 71.1 Å². The zero-order valence-electron chi connectivity index (χ0n) is 24.7. The van der Waals surface area contributed by atoms with Crippen LogP contribution in [-0.4, -0.2) is 89.0 Å². The van der Waals surface area contributed by atoms with Crippen molar-refractivity contribution in [2.24, 2.45) is 5.92 Å². The van der Waals surface area contributed by atoms with E-state index in [1.807, 2.05) is 11.3 Å². The number of aliphatic hydroxyl groups excluding tert-OH is 1. The molecule has 0 bridgehead atoms. The second kappa shape index (κ2) is 15.3. The van der Waals surface area contributed by atoms with Gasteiger partial charge in [0.25, 0.3) is 0 Å². The van der Waals surface area contributed by atoms with Crippen molar-refractivity contribution in [2.75, 3.05) is 59.0 Å². The average molecular weight is 647 g/mol. The van der Waals surface area contributed by atoms with Crippen LogP contribution in [-0.2, 0) is 25.7 Å². The van der Waals surface area contributed by atoms with Gasteiger partial charge in [-0.15, -0.1) is 22.7 Å². The zero-order chi connectivity index (χ0) is 29.4. The molecule has 0 amide bonds. The molecule has 6 heterocycles. The number of aliphatic hydroxyl groups is 1. The molecule has 2 saturated heterocycles. The Morgan fingerprint density at radius 3 is 2.19 bits per heavy atom. The van der Waals surface area contributed by atoms with Gasteiger partial charge in [0.1, 0.15) is 34.1 Å². The number of hydrogen-bond acceptors (Lipinski definition) is 11. The highest BCUT2D eigenvalue weighted by Gasteiger charge is 2.22. The summed E-state index contributed by atoms with van der Waals surface area (Å²) in [5.41, 5.74) is 2.83. The first-order chi connectivity index (χ1) is 21.2. The molecule has 0 radical (unpaired) electrons. The lowest BCUT2D eigenvalue weighted by molar-refractivity contribution is 0.189. The standard InChI is InChI=1S/C15H20N4OS.C9H7ClN2S.C7H15NO.H2/c1-2-11-12(3-1)21-15-13(11)14(17-10-18-15)20-9-8-19-6-4-16-5-7-19;10-8-7-5-2-1-3-6(5)13-9(7)12-4-11-8;9-6-3-7-1-4-8-5-2-7;/h10,16H,1-9H2;4H,1-3H2;7-9H,1-6H2;1H/i;;;1+1. The number of aryl methyl sites for hydroxylation is 4.